The van der Waals surface area contributed by atoms with Crippen LogP contribution >= 0.6 is 15.9 Å². The van der Waals surface area contributed by atoms with Crippen molar-refractivity contribution < 1.29 is 5.11 Å². The first-order chi connectivity index (χ1) is 9.25. The highest BCUT2D eigenvalue weighted by molar-refractivity contribution is 9.10. The molecule has 0 radical (unpaired) electrons. The van der Waals surface area contributed by atoms with Gasteiger partial charge in [-0.1, -0.05) is 36.4 Å². The molecule has 1 aliphatic rings. The van der Waals surface area contributed by atoms with Gasteiger partial charge >= 0.3 is 0 Å². The predicted molar refractivity (Wildman–Crippen MR) is 80.4 cm³/mol. The number of hydrogen-bond acceptors (Lipinski definition) is 2. The van der Waals surface area contributed by atoms with Crippen LogP contribution in [-0.4, -0.2) is 11.7 Å². The fraction of sp³-hybridized carbons (Fsp3) is 0.250. The molecule has 0 saturated carbocycles. The molecule has 0 aromatic heterocycles. The Kier molecular flexibility index (Phi) is 3.58. The Labute approximate surface area is 121 Å². The normalized spacial score (nSPS) is 16.8. The van der Waals surface area contributed by atoms with Crippen molar-refractivity contribution in [3.05, 3.63) is 63.6 Å². The number of nitrogens with one attached hydrogen (secondary N) is 1. The van der Waals surface area contributed by atoms with E-state index in [-0.39, 0.29) is 0 Å². The molecule has 0 spiro atoms. The van der Waals surface area contributed by atoms with Gasteiger partial charge < -0.3 is 10.4 Å². The van der Waals surface area contributed by atoms with Gasteiger partial charge in [-0.05, 0) is 39.5 Å². The standard InChI is InChI=1S/C16H16BrNO/c17-15-7-3-5-12(16(15)19)9-18-10-13-8-11-4-1-2-6-14(11)13/h1-7,13,18-19H,8-10H2. The van der Waals surface area contributed by atoms with Crippen LogP contribution in [-0.2, 0) is 13.0 Å². The number of aromatic hydroxyl groups is 1. The van der Waals surface area contributed by atoms with Gasteiger partial charge in [-0.15, -0.1) is 0 Å². The lowest BCUT2D eigenvalue weighted by Crippen LogP contribution is -2.28. The van der Waals surface area contributed by atoms with Crippen LogP contribution in [0.3, 0.4) is 0 Å². The fourth-order valence-electron chi connectivity index (χ4n) is 2.63. The van der Waals surface area contributed by atoms with Crippen molar-refractivity contribution in [3.8, 4) is 5.75 Å². The zero-order valence-corrected chi connectivity index (χ0v) is 12.2. The topological polar surface area (TPSA) is 32.3 Å². The Morgan fingerprint density at radius 3 is 2.84 bits per heavy atom. The SMILES string of the molecule is Oc1c(Br)cccc1CNCC1Cc2ccccc21. The molecule has 19 heavy (non-hydrogen) atoms. The molecule has 1 atom stereocenters. The Hall–Kier alpha value is -1.32. The number of rotatable bonds is 4. The maximum absolute atomic E-state index is 9.90. The van der Waals surface area contributed by atoms with Gasteiger partial charge in [0.2, 0.25) is 0 Å². The first-order valence-corrected chi connectivity index (χ1v) is 7.30. The summed E-state index contributed by atoms with van der Waals surface area (Å²) in [6.07, 6.45) is 1.16. The Balaban J connectivity index is 1.56. The summed E-state index contributed by atoms with van der Waals surface area (Å²) in [6, 6.07) is 14.4. The minimum absolute atomic E-state index is 0.337. The summed E-state index contributed by atoms with van der Waals surface area (Å²) in [5.41, 5.74) is 3.87. The molecule has 3 rings (SSSR count). The monoisotopic (exact) mass is 317 g/mol. The summed E-state index contributed by atoms with van der Waals surface area (Å²) >= 11 is 3.34. The predicted octanol–water partition coefficient (Wildman–Crippen LogP) is 3.58. The molecule has 3 heteroatoms. The molecule has 0 amide bonds. The van der Waals surface area contributed by atoms with E-state index < -0.39 is 0 Å². The molecule has 0 saturated heterocycles. The highest BCUT2D eigenvalue weighted by Gasteiger charge is 2.24. The lowest BCUT2D eigenvalue weighted by Gasteiger charge is -2.30. The highest BCUT2D eigenvalue weighted by atomic mass is 79.9. The molecule has 0 bridgehead atoms. The van der Waals surface area contributed by atoms with Crippen molar-refractivity contribution in [3.63, 3.8) is 0 Å². The summed E-state index contributed by atoms with van der Waals surface area (Å²) < 4.78 is 0.751. The Bertz CT molecular complexity index is 597. The maximum atomic E-state index is 9.90. The van der Waals surface area contributed by atoms with Gasteiger partial charge in [-0.2, -0.15) is 0 Å². The van der Waals surface area contributed by atoms with E-state index in [1.807, 2.05) is 18.2 Å². The van der Waals surface area contributed by atoms with Crippen molar-refractivity contribution in [2.24, 2.45) is 0 Å². The fourth-order valence-corrected chi connectivity index (χ4v) is 3.04. The smallest absolute Gasteiger partial charge is 0.134 e. The van der Waals surface area contributed by atoms with Gasteiger partial charge in [-0.3, -0.25) is 0 Å². The van der Waals surface area contributed by atoms with Crippen molar-refractivity contribution in [2.75, 3.05) is 6.54 Å². The Morgan fingerprint density at radius 2 is 2.00 bits per heavy atom. The summed E-state index contributed by atoms with van der Waals surface area (Å²) in [5, 5.41) is 13.3. The van der Waals surface area contributed by atoms with E-state index in [4.69, 9.17) is 0 Å². The number of para-hydroxylation sites is 1. The van der Waals surface area contributed by atoms with Crippen molar-refractivity contribution in [1.29, 1.82) is 0 Å². The van der Waals surface area contributed by atoms with Crippen LogP contribution in [0, 0.1) is 0 Å². The molecule has 2 aromatic rings. The molecule has 2 N–H and O–H groups in total. The second-order valence-electron chi connectivity index (χ2n) is 4.98. The van der Waals surface area contributed by atoms with Gasteiger partial charge in [0.25, 0.3) is 0 Å². The van der Waals surface area contributed by atoms with E-state index in [2.05, 4.69) is 45.5 Å². The molecule has 0 fully saturated rings. The summed E-state index contributed by atoms with van der Waals surface area (Å²) in [5.74, 6) is 0.953. The first kappa shape index (κ1) is 12.7. The largest absolute Gasteiger partial charge is 0.506 e. The van der Waals surface area contributed by atoms with E-state index in [0.717, 1.165) is 23.0 Å². The minimum atomic E-state index is 0.337. The van der Waals surface area contributed by atoms with E-state index in [9.17, 15) is 5.11 Å². The van der Waals surface area contributed by atoms with Gasteiger partial charge in [0.1, 0.15) is 5.75 Å². The van der Waals surface area contributed by atoms with Gasteiger partial charge in [0.05, 0.1) is 4.47 Å². The number of benzene rings is 2. The minimum Gasteiger partial charge on any atom is -0.506 e. The second-order valence-corrected chi connectivity index (χ2v) is 5.83. The molecule has 0 heterocycles. The second kappa shape index (κ2) is 5.35. The quantitative estimate of drug-likeness (QED) is 0.903. The number of hydrogen-bond donors (Lipinski definition) is 2. The van der Waals surface area contributed by atoms with Gasteiger partial charge in [0.15, 0.2) is 0 Å². The number of halogens is 1. The third-order valence-electron chi connectivity index (χ3n) is 3.74. The van der Waals surface area contributed by atoms with Crippen LogP contribution in [0.15, 0.2) is 46.9 Å². The molecule has 2 aromatic carbocycles. The highest BCUT2D eigenvalue weighted by Crippen LogP contribution is 2.34. The third-order valence-corrected chi connectivity index (χ3v) is 4.38. The molecular weight excluding hydrogens is 302 g/mol. The molecule has 1 aliphatic carbocycles. The van der Waals surface area contributed by atoms with Crippen molar-refractivity contribution in [1.82, 2.24) is 5.32 Å². The van der Waals surface area contributed by atoms with E-state index >= 15 is 0 Å². The maximum Gasteiger partial charge on any atom is 0.134 e. The molecular formula is C16H16BrNO. The summed E-state index contributed by atoms with van der Waals surface area (Å²) in [6.45, 7) is 1.66. The van der Waals surface area contributed by atoms with E-state index in [1.54, 1.807) is 0 Å². The Morgan fingerprint density at radius 1 is 1.16 bits per heavy atom. The summed E-state index contributed by atoms with van der Waals surface area (Å²) in [4.78, 5) is 0. The summed E-state index contributed by atoms with van der Waals surface area (Å²) in [7, 11) is 0. The van der Waals surface area contributed by atoms with Crippen LogP contribution in [0.4, 0.5) is 0 Å². The van der Waals surface area contributed by atoms with Crippen LogP contribution in [0.2, 0.25) is 0 Å². The lowest BCUT2D eigenvalue weighted by atomic mass is 9.77. The van der Waals surface area contributed by atoms with E-state index in [0.29, 0.717) is 18.2 Å². The van der Waals surface area contributed by atoms with Crippen LogP contribution in [0.1, 0.15) is 22.6 Å². The van der Waals surface area contributed by atoms with E-state index in [1.165, 1.54) is 11.1 Å². The van der Waals surface area contributed by atoms with Gasteiger partial charge in [-0.25, -0.2) is 0 Å². The number of phenols is 1. The zero-order valence-electron chi connectivity index (χ0n) is 10.6. The lowest BCUT2D eigenvalue weighted by molar-refractivity contribution is 0.457. The number of fused-ring (bicyclic) bond motifs is 1. The zero-order chi connectivity index (χ0) is 13.2. The van der Waals surface area contributed by atoms with Gasteiger partial charge in [0, 0.05) is 24.6 Å². The molecule has 98 valence electrons. The van der Waals surface area contributed by atoms with Crippen LogP contribution in [0.25, 0.3) is 0 Å². The molecule has 1 unspecified atom stereocenters. The van der Waals surface area contributed by atoms with Crippen molar-refractivity contribution >= 4 is 15.9 Å². The third kappa shape index (κ3) is 2.53. The molecule has 0 aliphatic heterocycles. The van der Waals surface area contributed by atoms with Crippen LogP contribution in [0.5, 0.6) is 5.75 Å². The average molecular weight is 318 g/mol. The van der Waals surface area contributed by atoms with Crippen LogP contribution < -0.4 is 5.32 Å². The average Bonchev–Trinajstić information content (AvgIpc) is 2.39. The van der Waals surface area contributed by atoms with Crippen molar-refractivity contribution in [2.45, 2.75) is 18.9 Å². The molecule has 2 nitrogen and oxygen atoms in total. The number of phenolic OH excluding ortho intramolecular Hbond substituents is 1. The first-order valence-electron chi connectivity index (χ1n) is 6.50.